The van der Waals surface area contributed by atoms with Gasteiger partial charge >= 0.3 is 0 Å². The van der Waals surface area contributed by atoms with Crippen LogP contribution in [0.2, 0.25) is 0 Å². The summed E-state index contributed by atoms with van der Waals surface area (Å²) in [5, 5.41) is 68.2. The molecule has 0 bridgehead atoms. The first kappa shape index (κ1) is 31.9. The number of benzene rings is 1. The molecule has 15 heteroatoms. The minimum Gasteiger partial charge on any atom is -0.510 e. The third kappa shape index (κ3) is 6.20. The first-order valence-corrected chi connectivity index (χ1v) is 13.8. The Kier molecular flexibility index (Phi) is 9.11. The van der Waals surface area contributed by atoms with E-state index in [-0.39, 0.29) is 29.8 Å². The van der Waals surface area contributed by atoms with Crippen LogP contribution in [0.1, 0.15) is 43.7 Å². The number of phenolic OH excluding ortho intramolecular Hbond substituents is 1. The fraction of sp³-hybridized carbons (Fsp3) is 0.536. The van der Waals surface area contributed by atoms with Crippen LogP contribution in [-0.4, -0.2) is 110 Å². The highest BCUT2D eigenvalue weighted by Gasteiger charge is 2.50. The van der Waals surface area contributed by atoms with E-state index < -0.39 is 81.6 Å². The molecule has 2 aliphatic carbocycles. The number of amides is 1. The summed E-state index contributed by atoms with van der Waals surface area (Å²) < 4.78 is 0. The number of aliphatic hydroxyl groups excluding tert-OH is 3. The van der Waals surface area contributed by atoms with Crippen molar-refractivity contribution in [2.75, 3.05) is 33.9 Å². The average molecular weight is 605 g/mol. The highest BCUT2D eigenvalue weighted by Crippen LogP contribution is 2.50. The Balaban J connectivity index is 1.68. The number of phenols is 1. The Morgan fingerprint density at radius 3 is 2.44 bits per heavy atom. The SMILES string of the molecule is CN(C)[C@@H]1/C(O)=C(/C(=O)NCN2CCC(O[N+](=O)[O-])CC2)C(=O)CC(=O)C2=C(O)c3c(O)cccc3C(C)(O)[C@H]2C[C@@H]1O. The van der Waals surface area contributed by atoms with Crippen LogP contribution in [0.4, 0.5) is 0 Å². The summed E-state index contributed by atoms with van der Waals surface area (Å²) in [5.74, 6) is -6.12. The number of carbonyl (C=O) groups excluding carboxylic acids is 3. The molecule has 1 heterocycles. The molecule has 1 aliphatic heterocycles. The van der Waals surface area contributed by atoms with Crippen LogP contribution in [-0.2, 0) is 24.8 Å². The lowest BCUT2D eigenvalue weighted by molar-refractivity contribution is -0.769. The largest absolute Gasteiger partial charge is 0.510 e. The van der Waals surface area contributed by atoms with Crippen LogP contribution in [0.15, 0.2) is 35.1 Å². The monoisotopic (exact) mass is 604 g/mol. The van der Waals surface area contributed by atoms with Crippen LogP contribution in [0.5, 0.6) is 5.75 Å². The molecule has 0 spiro atoms. The summed E-state index contributed by atoms with van der Waals surface area (Å²) in [6.07, 6.45) is -2.79. The number of carbonyl (C=O) groups is 3. The summed E-state index contributed by atoms with van der Waals surface area (Å²) in [7, 11) is 3.00. The Bertz CT molecular complexity index is 1380. The lowest BCUT2D eigenvalue weighted by Crippen LogP contribution is -2.49. The highest BCUT2D eigenvalue weighted by molar-refractivity contribution is 6.26. The number of aliphatic hydroxyl groups is 4. The fourth-order valence-corrected chi connectivity index (χ4v) is 6.22. The number of piperidine rings is 1. The second-order valence-electron chi connectivity index (χ2n) is 11.5. The minimum absolute atomic E-state index is 0.0792. The average Bonchev–Trinajstić information content (AvgIpc) is 2.90. The van der Waals surface area contributed by atoms with E-state index in [2.05, 4.69) is 10.2 Å². The number of aromatic hydroxyl groups is 1. The second kappa shape index (κ2) is 12.3. The summed E-state index contributed by atoms with van der Waals surface area (Å²) in [4.78, 5) is 58.7. The zero-order chi connectivity index (χ0) is 31.8. The molecule has 1 fully saturated rings. The van der Waals surface area contributed by atoms with Gasteiger partial charge in [-0.15, -0.1) is 10.1 Å². The number of hydrogen-bond acceptors (Lipinski definition) is 13. The smallest absolute Gasteiger partial charge is 0.294 e. The molecule has 0 radical (unpaired) electrons. The third-order valence-corrected chi connectivity index (χ3v) is 8.40. The van der Waals surface area contributed by atoms with E-state index in [4.69, 9.17) is 0 Å². The van der Waals surface area contributed by atoms with Gasteiger partial charge in [0.1, 0.15) is 28.9 Å². The molecule has 15 nitrogen and oxygen atoms in total. The number of hydrogen-bond donors (Lipinski definition) is 6. The number of fused-ring (bicyclic) bond motifs is 2. The molecule has 4 atom stereocenters. The maximum Gasteiger partial charge on any atom is 0.294 e. The summed E-state index contributed by atoms with van der Waals surface area (Å²) in [5.41, 5.74) is -3.09. The molecule has 1 aromatic carbocycles. The number of likely N-dealkylation sites (tertiary alicyclic amines) is 1. The number of nitrogens with zero attached hydrogens (tertiary/aromatic N) is 3. The first-order chi connectivity index (χ1) is 20.1. The molecule has 1 saturated heterocycles. The standard InChI is InChI=1S/C28H36N4O11/c1-28(40)15-5-4-6-17(33)21(15)25(37)22-16(28)11-20(36)24(30(2)3)26(38)23(19(35)12-18(22)34)27(39)29-13-31-9-7-14(8-10-31)43-32(41)42/h4-6,14,16,20,24,33,36-38,40H,7-13H2,1-3H3,(H,29,39)/b26-23-/t16-,20-,24-,28?/m0/s1. The zero-order valence-corrected chi connectivity index (χ0v) is 24.0. The molecule has 234 valence electrons. The van der Waals surface area contributed by atoms with Crippen LogP contribution < -0.4 is 5.32 Å². The molecular formula is C28H36N4O11. The molecule has 1 amide bonds. The summed E-state index contributed by atoms with van der Waals surface area (Å²) in [6, 6.07) is 2.86. The van der Waals surface area contributed by atoms with Gasteiger partial charge in [-0.1, -0.05) is 12.1 Å². The van der Waals surface area contributed by atoms with E-state index in [1.165, 1.54) is 44.1 Å². The Morgan fingerprint density at radius 2 is 1.84 bits per heavy atom. The van der Waals surface area contributed by atoms with E-state index in [1.54, 1.807) is 4.90 Å². The Hall–Kier alpha value is -4.05. The summed E-state index contributed by atoms with van der Waals surface area (Å²) >= 11 is 0. The van der Waals surface area contributed by atoms with Crippen LogP contribution in [0.3, 0.4) is 0 Å². The molecule has 0 aromatic heterocycles. The number of ketones is 2. The predicted octanol–water partition coefficient (Wildman–Crippen LogP) is 0.280. The van der Waals surface area contributed by atoms with Gasteiger partial charge in [0, 0.05) is 24.6 Å². The van der Waals surface area contributed by atoms with Crippen LogP contribution in [0, 0.1) is 16.0 Å². The highest BCUT2D eigenvalue weighted by atomic mass is 17.0. The maximum absolute atomic E-state index is 13.6. The molecule has 0 saturated carbocycles. The van der Waals surface area contributed by atoms with Crippen molar-refractivity contribution >= 4 is 23.2 Å². The van der Waals surface area contributed by atoms with Crippen molar-refractivity contribution in [2.24, 2.45) is 5.92 Å². The number of nitrogens with one attached hydrogen (secondary N) is 1. The normalized spacial score (nSPS) is 29.2. The molecule has 3 aliphatic rings. The van der Waals surface area contributed by atoms with E-state index >= 15 is 0 Å². The van der Waals surface area contributed by atoms with Gasteiger partial charge in [0.25, 0.3) is 11.0 Å². The van der Waals surface area contributed by atoms with E-state index in [0.717, 1.165) is 0 Å². The number of Topliss-reactive ketones (excluding diaryl/α,β-unsaturated/α-hetero) is 2. The molecule has 1 unspecified atom stereocenters. The van der Waals surface area contributed by atoms with Gasteiger partial charge < -0.3 is 35.7 Å². The van der Waals surface area contributed by atoms with Crippen molar-refractivity contribution in [3.8, 4) is 5.75 Å². The Morgan fingerprint density at radius 1 is 1.19 bits per heavy atom. The first-order valence-electron chi connectivity index (χ1n) is 13.8. The fourth-order valence-electron chi connectivity index (χ4n) is 6.22. The Labute approximate surface area is 246 Å². The van der Waals surface area contributed by atoms with Crippen LogP contribution in [0.25, 0.3) is 5.76 Å². The quantitative estimate of drug-likeness (QED) is 0.111. The van der Waals surface area contributed by atoms with Crippen molar-refractivity contribution < 1.29 is 49.8 Å². The van der Waals surface area contributed by atoms with Gasteiger partial charge in [-0.05, 0) is 51.9 Å². The van der Waals surface area contributed by atoms with Crippen LogP contribution >= 0.6 is 0 Å². The van der Waals surface area contributed by atoms with Gasteiger partial charge in [0.15, 0.2) is 11.6 Å². The topological polar surface area (TPSA) is 223 Å². The van der Waals surface area contributed by atoms with E-state index in [0.29, 0.717) is 25.9 Å². The van der Waals surface area contributed by atoms with Crippen molar-refractivity contribution in [3.63, 3.8) is 0 Å². The molecule has 4 rings (SSSR count). The van der Waals surface area contributed by atoms with Gasteiger partial charge in [0.2, 0.25) is 0 Å². The number of rotatable bonds is 6. The van der Waals surface area contributed by atoms with E-state index in [1.807, 2.05) is 0 Å². The van der Waals surface area contributed by atoms with Gasteiger partial charge in [-0.25, -0.2) is 0 Å². The van der Waals surface area contributed by atoms with Crippen molar-refractivity contribution in [3.05, 3.63) is 56.3 Å². The van der Waals surface area contributed by atoms with Crippen molar-refractivity contribution in [1.82, 2.24) is 15.1 Å². The van der Waals surface area contributed by atoms with E-state index in [9.17, 15) is 50.0 Å². The predicted molar refractivity (Wildman–Crippen MR) is 149 cm³/mol. The minimum atomic E-state index is -1.89. The molecule has 6 N–H and O–H groups in total. The van der Waals surface area contributed by atoms with Gasteiger partial charge in [-0.2, -0.15) is 0 Å². The van der Waals surface area contributed by atoms with Gasteiger partial charge in [0.05, 0.1) is 36.4 Å². The zero-order valence-electron chi connectivity index (χ0n) is 24.0. The lowest BCUT2D eigenvalue weighted by atomic mass is 9.67. The third-order valence-electron chi connectivity index (χ3n) is 8.40. The molecule has 43 heavy (non-hydrogen) atoms. The van der Waals surface area contributed by atoms with Crippen molar-refractivity contribution in [2.45, 2.75) is 56.5 Å². The molecular weight excluding hydrogens is 568 g/mol. The second-order valence-corrected chi connectivity index (χ2v) is 11.5. The van der Waals surface area contributed by atoms with Gasteiger partial charge in [-0.3, -0.25) is 24.2 Å². The number of likely N-dealkylation sites (N-methyl/N-ethyl adjacent to an activating group) is 1. The van der Waals surface area contributed by atoms with Crippen molar-refractivity contribution in [1.29, 1.82) is 0 Å². The summed E-state index contributed by atoms with van der Waals surface area (Å²) in [6.45, 7) is 1.97. The molecule has 1 aromatic rings. The lowest BCUT2D eigenvalue weighted by Gasteiger charge is -2.42. The maximum atomic E-state index is 13.6.